The molecule has 0 bridgehead atoms. The Morgan fingerprint density at radius 3 is 2.04 bits per heavy atom. The third-order valence-electron chi connectivity index (χ3n) is 5.76. The quantitative estimate of drug-likeness (QED) is 0.224. The Bertz CT molecular complexity index is 1320. The molecule has 0 N–H and O–H groups in total. The van der Waals surface area contributed by atoms with Crippen molar-refractivity contribution in [2.45, 2.75) is 20.8 Å². The zero-order valence-electron chi connectivity index (χ0n) is 14.9. The van der Waals surface area contributed by atoms with E-state index in [0.717, 1.165) is 0 Å². The van der Waals surface area contributed by atoms with Crippen LogP contribution in [-0.4, -0.2) is 0 Å². The summed E-state index contributed by atoms with van der Waals surface area (Å²) < 4.78 is 0. The van der Waals surface area contributed by atoms with Crippen LogP contribution < -0.4 is 0 Å². The van der Waals surface area contributed by atoms with E-state index in [1.165, 1.54) is 65.3 Å². The molecule has 0 saturated heterocycles. The minimum absolute atomic E-state index is 1.22. The first kappa shape index (κ1) is 14.5. The van der Waals surface area contributed by atoms with E-state index in [-0.39, 0.29) is 0 Å². The van der Waals surface area contributed by atoms with Gasteiger partial charge in [-0.3, -0.25) is 0 Å². The highest BCUT2D eigenvalue weighted by molar-refractivity contribution is 6.35. The maximum absolute atomic E-state index is 4.09. The van der Waals surface area contributed by atoms with Gasteiger partial charge in [0.2, 0.25) is 0 Å². The number of hydrogen-bond donors (Lipinski definition) is 0. The summed E-state index contributed by atoms with van der Waals surface area (Å²) in [6.45, 7) is 10.8. The number of rotatable bonds is 1. The lowest BCUT2D eigenvalue weighted by Gasteiger charge is -2.19. The van der Waals surface area contributed by atoms with Crippen LogP contribution in [0.2, 0.25) is 0 Å². The fraction of sp³-hybridized carbons (Fsp3) is 0.120. The monoisotopic (exact) mass is 320 g/mol. The Morgan fingerprint density at radius 1 is 0.600 bits per heavy atom. The summed E-state index contributed by atoms with van der Waals surface area (Å²) in [7, 11) is 0. The maximum Gasteiger partial charge on any atom is -0.00176 e. The highest BCUT2D eigenvalue weighted by Gasteiger charge is 2.17. The fourth-order valence-corrected chi connectivity index (χ4v) is 4.64. The molecule has 0 fully saturated rings. The molecule has 0 aliphatic rings. The van der Waals surface area contributed by atoms with Crippen LogP contribution in [0.5, 0.6) is 0 Å². The van der Waals surface area contributed by atoms with Crippen LogP contribution in [0, 0.1) is 20.8 Å². The number of fused-ring (bicyclic) bond motifs is 2. The van der Waals surface area contributed by atoms with Gasteiger partial charge in [-0.15, -0.1) is 0 Å². The molecule has 0 nitrogen and oxygen atoms in total. The van der Waals surface area contributed by atoms with E-state index in [4.69, 9.17) is 0 Å². The highest BCUT2D eigenvalue weighted by Crippen LogP contribution is 2.44. The lowest BCUT2D eigenvalue weighted by molar-refractivity contribution is 1.46. The Morgan fingerprint density at radius 2 is 1.24 bits per heavy atom. The summed E-state index contributed by atoms with van der Waals surface area (Å²) in [5.74, 6) is 0. The van der Waals surface area contributed by atoms with Gasteiger partial charge in [0.05, 0.1) is 0 Å². The van der Waals surface area contributed by atoms with Gasteiger partial charge in [0.25, 0.3) is 0 Å². The first-order valence-electron chi connectivity index (χ1n) is 8.84. The van der Waals surface area contributed by atoms with Gasteiger partial charge >= 0.3 is 0 Å². The zero-order chi connectivity index (χ0) is 17.3. The first-order chi connectivity index (χ1) is 12.1. The molecule has 0 radical (unpaired) electrons. The van der Waals surface area contributed by atoms with Gasteiger partial charge < -0.3 is 0 Å². The summed E-state index contributed by atoms with van der Waals surface area (Å²) in [5, 5.41) is 10.9. The third-order valence-corrected chi connectivity index (χ3v) is 5.76. The van der Waals surface area contributed by atoms with Crippen molar-refractivity contribution in [2.75, 3.05) is 0 Å². The Hall–Kier alpha value is -2.86. The van der Waals surface area contributed by atoms with Gasteiger partial charge in [-0.1, -0.05) is 61.2 Å². The summed E-state index contributed by atoms with van der Waals surface area (Å²) >= 11 is 0. The van der Waals surface area contributed by atoms with E-state index >= 15 is 0 Å². The predicted molar refractivity (Wildman–Crippen MR) is 112 cm³/mol. The number of hydrogen-bond acceptors (Lipinski definition) is 0. The van der Waals surface area contributed by atoms with Gasteiger partial charge in [0.1, 0.15) is 0 Å². The molecule has 120 valence electrons. The van der Waals surface area contributed by atoms with Gasteiger partial charge in [0, 0.05) is 0 Å². The second-order valence-corrected chi connectivity index (χ2v) is 7.20. The van der Waals surface area contributed by atoms with E-state index in [1.54, 1.807) is 0 Å². The van der Waals surface area contributed by atoms with Crippen LogP contribution in [0.15, 0.2) is 55.1 Å². The van der Waals surface area contributed by atoms with Crippen LogP contribution in [-0.2, 0) is 0 Å². The van der Waals surface area contributed by atoms with Crippen LogP contribution in [0.4, 0.5) is 0 Å². The third kappa shape index (κ3) is 1.72. The highest BCUT2D eigenvalue weighted by atomic mass is 14.2. The Balaban J connectivity index is 2.31. The summed E-state index contributed by atoms with van der Waals surface area (Å²) in [5.41, 5.74) is 5.25. The standard InChI is InChI=1S/C25H20/c1-5-17-10-12-19-14(2)9-11-21-20-8-6-7-18-15(3)13-16(4)22(24(18)20)23(17)25(19)21/h5-13H,1H2,2-4H3. The summed E-state index contributed by atoms with van der Waals surface area (Å²) in [6, 6.07) is 18.1. The normalized spacial score (nSPS) is 12.0. The van der Waals surface area contributed by atoms with Crippen molar-refractivity contribution in [1.29, 1.82) is 0 Å². The molecular formula is C25H20. The zero-order valence-corrected chi connectivity index (χ0v) is 14.9. The topological polar surface area (TPSA) is 0 Å². The molecule has 0 aromatic heterocycles. The molecule has 0 aliphatic heterocycles. The van der Waals surface area contributed by atoms with Crippen LogP contribution in [0.1, 0.15) is 22.3 Å². The SMILES string of the molecule is C=Cc1ccc2c(C)ccc3c4cccc5c(C)cc(C)c(c1c23)c54. The van der Waals surface area contributed by atoms with E-state index in [0.29, 0.717) is 0 Å². The summed E-state index contributed by atoms with van der Waals surface area (Å²) in [6.07, 6.45) is 2.00. The fourth-order valence-electron chi connectivity index (χ4n) is 4.64. The number of benzene rings is 5. The molecule has 0 spiro atoms. The van der Waals surface area contributed by atoms with Gasteiger partial charge in [-0.25, -0.2) is 0 Å². The van der Waals surface area contributed by atoms with E-state index in [1.807, 2.05) is 6.08 Å². The molecule has 5 rings (SSSR count). The largest absolute Gasteiger partial charge is 0.0984 e. The molecule has 5 aromatic carbocycles. The van der Waals surface area contributed by atoms with Gasteiger partial charge in [0.15, 0.2) is 0 Å². The van der Waals surface area contributed by atoms with E-state index in [2.05, 4.69) is 75.9 Å². The van der Waals surface area contributed by atoms with Crippen molar-refractivity contribution in [1.82, 2.24) is 0 Å². The molecule has 0 heteroatoms. The van der Waals surface area contributed by atoms with Crippen molar-refractivity contribution in [3.8, 4) is 0 Å². The van der Waals surface area contributed by atoms with Crippen molar-refractivity contribution < 1.29 is 0 Å². The first-order valence-corrected chi connectivity index (χ1v) is 8.84. The second-order valence-electron chi connectivity index (χ2n) is 7.20. The average molecular weight is 320 g/mol. The van der Waals surface area contributed by atoms with Crippen molar-refractivity contribution in [3.05, 3.63) is 77.4 Å². The average Bonchev–Trinajstić information content (AvgIpc) is 2.62. The molecule has 0 aliphatic carbocycles. The molecular weight excluding hydrogens is 300 g/mol. The van der Waals surface area contributed by atoms with Gasteiger partial charge in [-0.05, 0) is 86.1 Å². The van der Waals surface area contributed by atoms with Crippen molar-refractivity contribution in [3.63, 3.8) is 0 Å². The van der Waals surface area contributed by atoms with Crippen LogP contribution in [0.25, 0.3) is 49.2 Å². The minimum Gasteiger partial charge on any atom is -0.0984 e. The lowest BCUT2D eigenvalue weighted by atomic mass is 9.84. The lowest BCUT2D eigenvalue weighted by Crippen LogP contribution is -1.93. The van der Waals surface area contributed by atoms with Crippen LogP contribution in [0.3, 0.4) is 0 Å². The van der Waals surface area contributed by atoms with Crippen molar-refractivity contribution >= 4 is 49.2 Å². The smallest absolute Gasteiger partial charge is 0.00176 e. The predicted octanol–water partition coefficient (Wildman–Crippen LogP) is 7.31. The minimum atomic E-state index is 1.22. The molecule has 0 saturated carbocycles. The number of aryl methyl sites for hydroxylation is 3. The Labute approximate surface area is 147 Å². The van der Waals surface area contributed by atoms with Crippen LogP contribution >= 0.6 is 0 Å². The summed E-state index contributed by atoms with van der Waals surface area (Å²) in [4.78, 5) is 0. The molecule has 25 heavy (non-hydrogen) atoms. The molecule has 0 amide bonds. The van der Waals surface area contributed by atoms with Gasteiger partial charge in [-0.2, -0.15) is 0 Å². The maximum atomic E-state index is 4.09. The van der Waals surface area contributed by atoms with Crippen molar-refractivity contribution in [2.24, 2.45) is 0 Å². The Kier molecular flexibility index (Phi) is 2.80. The molecule has 0 unspecified atom stereocenters. The molecule has 0 heterocycles. The van der Waals surface area contributed by atoms with E-state index in [9.17, 15) is 0 Å². The molecule has 5 aromatic rings. The van der Waals surface area contributed by atoms with E-state index < -0.39 is 0 Å². The second kappa shape index (κ2) is 4.83. The molecule has 0 atom stereocenters.